The van der Waals surface area contributed by atoms with Crippen LogP contribution in [0.3, 0.4) is 0 Å². The summed E-state index contributed by atoms with van der Waals surface area (Å²) in [4.78, 5) is 35.2. The molecule has 0 bridgehead atoms. The van der Waals surface area contributed by atoms with Gasteiger partial charge in [-0.2, -0.15) is 0 Å². The van der Waals surface area contributed by atoms with Crippen molar-refractivity contribution in [3.63, 3.8) is 0 Å². The highest BCUT2D eigenvalue weighted by molar-refractivity contribution is 6.31. The Hall–Kier alpha value is -3.61. The minimum absolute atomic E-state index is 0.180. The van der Waals surface area contributed by atoms with Crippen molar-refractivity contribution in [3.8, 4) is 11.5 Å². The number of nitrogens with one attached hydrogen (secondary N) is 2. The van der Waals surface area contributed by atoms with Crippen molar-refractivity contribution in [2.75, 3.05) is 7.11 Å². The van der Waals surface area contributed by atoms with E-state index in [4.69, 9.17) is 9.47 Å². The Morgan fingerprint density at radius 2 is 1.64 bits per heavy atom. The van der Waals surface area contributed by atoms with Gasteiger partial charge in [-0.3, -0.25) is 20.2 Å². The van der Waals surface area contributed by atoms with Gasteiger partial charge in [0, 0.05) is 11.6 Å². The fraction of sp³-hybridized carbons (Fsp3) is 0.190. The van der Waals surface area contributed by atoms with Gasteiger partial charge < -0.3 is 9.47 Å². The van der Waals surface area contributed by atoms with E-state index >= 15 is 0 Å². The number of barbiturate groups is 1. The molecule has 0 unspecified atom stereocenters. The molecule has 0 atom stereocenters. The van der Waals surface area contributed by atoms with Gasteiger partial charge in [-0.05, 0) is 48.7 Å². The molecule has 1 saturated heterocycles. The van der Waals surface area contributed by atoms with Crippen LogP contribution in [0, 0.1) is 13.8 Å². The minimum atomic E-state index is -0.840. The Kier molecular flexibility index (Phi) is 5.44. The number of aryl methyl sites for hydroxylation is 2. The third-order valence-electron chi connectivity index (χ3n) is 4.43. The maximum Gasteiger partial charge on any atom is 0.328 e. The van der Waals surface area contributed by atoms with Gasteiger partial charge in [0.1, 0.15) is 23.7 Å². The van der Waals surface area contributed by atoms with Crippen LogP contribution in [0.5, 0.6) is 11.5 Å². The van der Waals surface area contributed by atoms with E-state index in [-0.39, 0.29) is 5.57 Å². The Morgan fingerprint density at radius 3 is 2.29 bits per heavy atom. The van der Waals surface area contributed by atoms with Crippen LogP contribution in [-0.4, -0.2) is 25.0 Å². The van der Waals surface area contributed by atoms with E-state index in [0.29, 0.717) is 23.7 Å². The van der Waals surface area contributed by atoms with Crippen LogP contribution in [0.1, 0.15) is 22.3 Å². The number of methoxy groups -OCH3 is 1. The molecule has 1 heterocycles. The molecule has 144 valence electrons. The van der Waals surface area contributed by atoms with E-state index < -0.39 is 17.8 Å². The van der Waals surface area contributed by atoms with Gasteiger partial charge >= 0.3 is 6.03 Å². The molecular formula is C21H20N2O5. The fourth-order valence-electron chi connectivity index (χ4n) is 2.70. The van der Waals surface area contributed by atoms with Gasteiger partial charge in [-0.1, -0.05) is 18.2 Å². The smallest absolute Gasteiger partial charge is 0.328 e. The van der Waals surface area contributed by atoms with Crippen LogP contribution in [0.4, 0.5) is 4.79 Å². The molecule has 4 amide bonds. The molecule has 7 heteroatoms. The average Bonchev–Trinajstić information content (AvgIpc) is 2.66. The molecule has 2 N–H and O–H groups in total. The number of hydrogen-bond donors (Lipinski definition) is 2. The second-order valence-corrected chi connectivity index (χ2v) is 6.41. The number of amides is 4. The predicted octanol–water partition coefficient (Wildman–Crippen LogP) is 2.64. The van der Waals surface area contributed by atoms with Crippen molar-refractivity contribution >= 4 is 23.9 Å². The summed E-state index contributed by atoms with van der Waals surface area (Å²) in [6.07, 6.45) is 1.38. The quantitative estimate of drug-likeness (QED) is 0.614. The van der Waals surface area contributed by atoms with Gasteiger partial charge in [0.05, 0.1) is 7.11 Å². The zero-order valence-corrected chi connectivity index (χ0v) is 15.8. The largest absolute Gasteiger partial charge is 0.497 e. The van der Waals surface area contributed by atoms with Crippen molar-refractivity contribution in [1.29, 1.82) is 0 Å². The minimum Gasteiger partial charge on any atom is -0.497 e. The van der Waals surface area contributed by atoms with E-state index in [9.17, 15) is 14.4 Å². The van der Waals surface area contributed by atoms with Crippen LogP contribution in [-0.2, 0) is 16.2 Å². The van der Waals surface area contributed by atoms with E-state index in [0.717, 1.165) is 11.1 Å². The maximum absolute atomic E-state index is 12.0. The van der Waals surface area contributed by atoms with Crippen LogP contribution in [0.25, 0.3) is 6.08 Å². The molecule has 7 nitrogen and oxygen atoms in total. The molecule has 0 radical (unpaired) electrons. The van der Waals surface area contributed by atoms with E-state index in [1.165, 1.54) is 18.7 Å². The number of ether oxygens (including phenoxy) is 2. The zero-order chi connectivity index (χ0) is 20.3. The highest BCUT2D eigenvalue weighted by Gasteiger charge is 2.28. The van der Waals surface area contributed by atoms with Crippen LogP contribution >= 0.6 is 0 Å². The Labute approximate surface area is 162 Å². The maximum atomic E-state index is 12.0. The summed E-state index contributed by atoms with van der Waals surface area (Å²) in [6, 6.07) is 10.3. The van der Waals surface area contributed by atoms with Gasteiger partial charge in [0.2, 0.25) is 0 Å². The third kappa shape index (κ3) is 4.20. The summed E-state index contributed by atoms with van der Waals surface area (Å²) in [5.41, 5.74) is 3.68. The third-order valence-corrected chi connectivity index (χ3v) is 4.43. The predicted molar refractivity (Wildman–Crippen MR) is 103 cm³/mol. The van der Waals surface area contributed by atoms with E-state index in [1.54, 1.807) is 18.2 Å². The number of rotatable bonds is 5. The number of carbonyl (C=O) groups excluding carboxylic acids is 3. The monoisotopic (exact) mass is 380 g/mol. The van der Waals surface area contributed by atoms with E-state index in [2.05, 4.69) is 0 Å². The highest BCUT2D eigenvalue weighted by atomic mass is 16.5. The SMILES string of the molecule is COc1ccc(C=C2C(=O)NC(=O)NC2=O)c(OCc2ccc(C)c(C)c2)c1. The molecule has 1 aliphatic heterocycles. The molecule has 28 heavy (non-hydrogen) atoms. The first-order valence-corrected chi connectivity index (χ1v) is 8.62. The second kappa shape index (κ2) is 7.96. The average molecular weight is 380 g/mol. The first-order valence-electron chi connectivity index (χ1n) is 8.62. The molecule has 0 aromatic heterocycles. The van der Waals surface area contributed by atoms with Gasteiger partial charge in [0.15, 0.2) is 0 Å². The van der Waals surface area contributed by atoms with Crippen molar-refractivity contribution in [1.82, 2.24) is 10.6 Å². The Bertz CT molecular complexity index is 972. The Morgan fingerprint density at radius 1 is 0.929 bits per heavy atom. The van der Waals surface area contributed by atoms with Crippen molar-refractivity contribution < 1.29 is 23.9 Å². The van der Waals surface area contributed by atoms with Crippen molar-refractivity contribution in [2.45, 2.75) is 20.5 Å². The lowest BCUT2D eigenvalue weighted by Gasteiger charge is -2.16. The summed E-state index contributed by atoms with van der Waals surface area (Å²) < 4.78 is 11.2. The molecule has 2 aromatic rings. The lowest BCUT2D eigenvalue weighted by Crippen LogP contribution is -2.51. The summed E-state index contributed by atoms with van der Waals surface area (Å²) in [7, 11) is 1.54. The normalized spacial score (nSPS) is 13.7. The second-order valence-electron chi connectivity index (χ2n) is 6.41. The molecule has 0 spiro atoms. The van der Waals surface area contributed by atoms with Crippen LogP contribution in [0.2, 0.25) is 0 Å². The first-order chi connectivity index (χ1) is 13.4. The molecule has 0 saturated carbocycles. The number of urea groups is 1. The number of carbonyl (C=O) groups is 3. The lowest BCUT2D eigenvalue weighted by atomic mass is 10.1. The van der Waals surface area contributed by atoms with E-state index in [1.807, 2.05) is 42.7 Å². The summed E-state index contributed by atoms with van der Waals surface area (Å²) in [5, 5.41) is 4.10. The Balaban J connectivity index is 1.90. The fourth-order valence-corrected chi connectivity index (χ4v) is 2.70. The molecule has 3 rings (SSSR count). The number of imide groups is 2. The molecule has 2 aromatic carbocycles. The van der Waals surface area contributed by atoms with Gasteiger partial charge in [-0.15, -0.1) is 0 Å². The van der Waals surface area contributed by atoms with Crippen molar-refractivity contribution in [3.05, 3.63) is 64.2 Å². The number of benzene rings is 2. The van der Waals surface area contributed by atoms with Gasteiger partial charge in [-0.25, -0.2) is 4.79 Å². The summed E-state index contributed by atoms with van der Waals surface area (Å²) >= 11 is 0. The first kappa shape index (κ1) is 19.2. The van der Waals surface area contributed by atoms with Gasteiger partial charge in [0.25, 0.3) is 11.8 Å². The molecule has 1 fully saturated rings. The standard InChI is InChI=1S/C21H20N2O5/c1-12-4-5-14(8-13(12)2)11-28-18-10-16(27-3)7-6-15(18)9-17-19(24)22-21(26)23-20(17)25/h4-10H,11H2,1-3H3,(H2,22,23,24,25,26). The topological polar surface area (TPSA) is 93.7 Å². The summed E-state index contributed by atoms with van der Waals surface area (Å²) in [6.45, 7) is 4.38. The lowest BCUT2D eigenvalue weighted by molar-refractivity contribution is -0.123. The number of hydrogen-bond acceptors (Lipinski definition) is 5. The molecule has 1 aliphatic rings. The highest BCUT2D eigenvalue weighted by Crippen LogP contribution is 2.28. The molecular weight excluding hydrogens is 360 g/mol. The zero-order valence-electron chi connectivity index (χ0n) is 15.8. The molecule has 0 aliphatic carbocycles. The van der Waals surface area contributed by atoms with Crippen LogP contribution < -0.4 is 20.1 Å². The summed E-state index contributed by atoms with van der Waals surface area (Å²) in [5.74, 6) is -0.498. The van der Waals surface area contributed by atoms with Crippen molar-refractivity contribution in [2.24, 2.45) is 0 Å². The van der Waals surface area contributed by atoms with Crippen LogP contribution in [0.15, 0.2) is 42.0 Å².